The summed E-state index contributed by atoms with van der Waals surface area (Å²) in [5, 5.41) is 0. The van der Waals surface area contributed by atoms with Gasteiger partial charge in [-0.15, -0.1) is 11.8 Å². The molecular formula is C28H25BrN2O2S. The molecule has 1 heterocycles. The first-order valence-electron chi connectivity index (χ1n) is 11.4. The smallest absolute Gasteiger partial charge is 0.163 e. The van der Waals surface area contributed by atoms with Crippen molar-refractivity contribution < 1.29 is 9.53 Å². The minimum Gasteiger partial charge on any atom is -0.485 e. The summed E-state index contributed by atoms with van der Waals surface area (Å²) < 4.78 is 7.78. The summed E-state index contributed by atoms with van der Waals surface area (Å²) in [5.74, 6) is 2.71. The standard InChI is InChI=1S/C28H25BrN2O2S/c29-20-9-11-21(12-10-20)34-18-24-22-7-4-8-25(32)23(22)13-14-26(24)33-27(17-28-30-15-16-31-28)19-5-2-1-3-6-19/h1-3,5-6,9-16,27H,4,7-8,17-18H2,(H,30,31)/t27-/m0/s1. The molecule has 1 aliphatic carbocycles. The fraction of sp³-hybridized carbons (Fsp3) is 0.214. The van der Waals surface area contributed by atoms with Crippen LogP contribution in [-0.4, -0.2) is 15.8 Å². The van der Waals surface area contributed by atoms with E-state index in [1.807, 2.05) is 36.5 Å². The zero-order valence-corrected chi connectivity index (χ0v) is 21.1. The fourth-order valence-corrected chi connectivity index (χ4v) is 5.59. The molecule has 0 amide bonds. The Labute approximate surface area is 212 Å². The molecule has 34 heavy (non-hydrogen) atoms. The molecule has 0 saturated heterocycles. The first-order chi connectivity index (χ1) is 16.7. The number of benzene rings is 3. The molecular weight excluding hydrogens is 508 g/mol. The number of fused-ring (bicyclic) bond motifs is 1. The Morgan fingerprint density at radius 2 is 1.85 bits per heavy atom. The van der Waals surface area contributed by atoms with E-state index in [0.29, 0.717) is 12.8 Å². The molecule has 0 saturated carbocycles. The molecule has 172 valence electrons. The van der Waals surface area contributed by atoms with E-state index in [1.54, 1.807) is 18.0 Å². The number of imidazole rings is 1. The van der Waals surface area contributed by atoms with E-state index in [0.717, 1.165) is 56.9 Å². The molecule has 3 aromatic carbocycles. The monoisotopic (exact) mass is 532 g/mol. The molecule has 0 spiro atoms. The van der Waals surface area contributed by atoms with Gasteiger partial charge in [0, 0.05) is 51.5 Å². The topological polar surface area (TPSA) is 55.0 Å². The molecule has 1 aromatic heterocycles. The Balaban J connectivity index is 1.49. The summed E-state index contributed by atoms with van der Waals surface area (Å²) in [7, 11) is 0. The molecule has 0 unspecified atom stereocenters. The minimum atomic E-state index is -0.193. The number of ketones is 1. The average molecular weight is 533 g/mol. The van der Waals surface area contributed by atoms with E-state index < -0.39 is 0 Å². The number of carbonyl (C=O) groups is 1. The van der Waals surface area contributed by atoms with Crippen molar-refractivity contribution in [3.63, 3.8) is 0 Å². The van der Waals surface area contributed by atoms with Crippen LogP contribution < -0.4 is 4.74 Å². The predicted octanol–water partition coefficient (Wildman–Crippen LogP) is 7.35. The average Bonchev–Trinajstić information content (AvgIpc) is 3.38. The third-order valence-electron chi connectivity index (χ3n) is 6.09. The lowest BCUT2D eigenvalue weighted by atomic mass is 9.87. The highest BCUT2D eigenvalue weighted by Gasteiger charge is 2.25. The van der Waals surface area contributed by atoms with Gasteiger partial charge < -0.3 is 9.72 Å². The number of halogens is 1. The van der Waals surface area contributed by atoms with Crippen LogP contribution in [0.3, 0.4) is 0 Å². The molecule has 0 radical (unpaired) electrons. The number of nitrogens with zero attached hydrogens (tertiary/aromatic N) is 1. The van der Waals surface area contributed by atoms with Gasteiger partial charge in [0.1, 0.15) is 17.7 Å². The van der Waals surface area contributed by atoms with Crippen LogP contribution in [0.1, 0.15) is 51.8 Å². The summed E-state index contributed by atoms with van der Waals surface area (Å²) in [6, 6.07) is 22.5. The number of aromatic amines is 1. The zero-order chi connectivity index (χ0) is 23.3. The second-order valence-electron chi connectivity index (χ2n) is 8.34. The van der Waals surface area contributed by atoms with Crippen molar-refractivity contribution in [2.45, 2.75) is 42.4 Å². The largest absolute Gasteiger partial charge is 0.485 e. The molecule has 0 bridgehead atoms. The van der Waals surface area contributed by atoms with Gasteiger partial charge in [-0.25, -0.2) is 4.98 Å². The van der Waals surface area contributed by atoms with Gasteiger partial charge in [-0.3, -0.25) is 4.79 Å². The van der Waals surface area contributed by atoms with Gasteiger partial charge in [-0.2, -0.15) is 0 Å². The summed E-state index contributed by atoms with van der Waals surface area (Å²) in [6.07, 6.45) is 6.46. The third-order valence-corrected chi connectivity index (χ3v) is 7.66. The number of nitrogens with one attached hydrogen (secondary N) is 1. The maximum Gasteiger partial charge on any atom is 0.163 e. The molecule has 0 fully saturated rings. The first kappa shape index (κ1) is 22.9. The number of thioether (sulfide) groups is 1. The van der Waals surface area contributed by atoms with Crippen LogP contribution in [0.15, 0.2) is 88.5 Å². The van der Waals surface area contributed by atoms with Crippen molar-refractivity contribution in [2.24, 2.45) is 0 Å². The van der Waals surface area contributed by atoms with Gasteiger partial charge in [0.15, 0.2) is 5.78 Å². The van der Waals surface area contributed by atoms with E-state index >= 15 is 0 Å². The van der Waals surface area contributed by atoms with Gasteiger partial charge in [-0.05, 0) is 60.4 Å². The number of carbonyl (C=O) groups excluding carboxylic acids is 1. The quantitative estimate of drug-likeness (QED) is 0.241. The van der Waals surface area contributed by atoms with E-state index in [-0.39, 0.29) is 11.9 Å². The normalized spacial score (nSPS) is 14.0. The van der Waals surface area contributed by atoms with Crippen molar-refractivity contribution in [1.29, 1.82) is 0 Å². The van der Waals surface area contributed by atoms with Crippen LogP contribution in [0.25, 0.3) is 0 Å². The first-order valence-corrected chi connectivity index (χ1v) is 13.2. The number of hydrogen-bond donors (Lipinski definition) is 1. The maximum atomic E-state index is 12.7. The van der Waals surface area contributed by atoms with E-state index in [1.165, 1.54) is 4.90 Å². The van der Waals surface area contributed by atoms with Crippen LogP contribution in [0.4, 0.5) is 0 Å². The van der Waals surface area contributed by atoms with Gasteiger partial charge in [0.2, 0.25) is 0 Å². The van der Waals surface area contributed by atoms with Gasteiger partial charge >= 0.3 is 0 Å². The lowest BCUT2D eigenvalue weighted by Gasteiger charge is -2.25. The lowest BCUT2D eigenvalue weighted by molar-refractivity contribution is 0.0972. The summed E-state index contributed by atoms with van der Waals surface area (Å²) >= 11 is 5.28. The predicted molar refractivity (Wildman–Crippen MR) is 140 cm³/mol. The maximum absolute atomic E-state index is 12.7. The van der Waals surface area contributed by atoms with Crippen molar-refractivity contribution in [3.8, 4) is 5.75 Å². The molecule has 4 aromatic rings. The molecule has 4 nitrogen and oxygen atoms in total. The Kier molecular flexibility index (Phi) is 7.16. The highest BCUT2D eigenvalue weighted by atomic mass is 79.9. The molecule has 5 rings (SSSR count). The summed E-state index contributed by atoms with van der Waals surface area (Å²) in [5.41, 5.74) is 4.22. The van der Waals surface area contributed by atoms with Crippen molar-refractivity contribution in [2.75, 3.05) is 0 Å². The zero-order valence-electron chi connectivity index (χ0n) is 18.7. The highest BCUT2D eigenvalue weighted by Crippen LogP contribution is 2.38. The van der Waals surface area contributed by atoms with Crippen molar-refractivity contribution in [3.05, 3.63) is 112 Å². The Morgan fingerprint density at radius 1 is 1.03 bits per heavy atom. The molecule has 1 N–H and O–H groups in total. The highest BCUT2D eigenvalue weighted by molar-refractivity contribution is 9.10. The summed E-state index contributed by atoms with van der Waals surface area (Å²) in [4.78, 5) is 21.5. The Morgan fingerprint density at radius 3 is 2.62 bits per heavy atom. The Hall–Kier alpha value is -2.83. The van der Waals surface area contributed by atoms with Crippen LogP contribution in [-0.2, 0) is 18.6 Å². The lowest BCUT2D eigenvalue weighted by Crippen LogP contribution is -2.16. The second-order valence-corrected chi connectivity index (χ2v) is 10.3. The van der Waals surface area contributed by atoms with Gasteiger partial charge in [-0.1, -0.05) is 46.3 Å². The SMILES string of the molecule is O=C1CCCc2c1ccc(O[C@@H](Cc1ncc[nH]1)c1ccccc1)c2CSc1ccc(Br)cc1. The number of H-pyrrole nitrogens is 1. The minimum absolute atomic E-state index is 0.193. The van der Waals surface area contributed by atoms with E-state index in [2.05, 4.69) is 62.3 Å². The van der Waals surface area contributed by atoms with Crippen molar-refractivity contribution >= 4 is 33.5 Å². The summed E-state index contributed by atoms with van der Waals surface area (Å²) in [6.45, 7) is 0. The fourth-order valence-electron chi connectivity index (χ4n) is 4.37. The molecule has 0 aliphatic heterocycles. The van der Waals surface area contributed by atoms with Crippen LogP contribution in [0.5, 0.6) is 5.75 Å². The number of hydrogen-bond acceptors (Lipinski definition) is 4. The number of rotatable bonds is 8. The van der Waals surface area contributed by atoms with E-state index in [9.17, 15) is 4.79 Å². The molecule has 1 aliphatic rings. The number of Topliss-reactive ketones (excluding diaryl/α,β-unsaturated/α-hetero) is 1. The van der Waals surface area contributed by atoms with Crippen LogP contribution in [0.2, 0.25) is 0 Å². The third kappa shape index (κ3) is 5.29. The molecule has 1 atom stereocenters. The second kappa shape index (κ2) is 10.6. The van der Waals surface area contributed by atoms with Gasteiger partial charge in [0.25, 0.3) is 0 Å². The van der Waals surface area contributed by atoms with Crippen LogP contribution >= 0.6 is 27.7 Å². The number of ether oxygens (including phenoxy) is 1. The van der Waals surface area contributed by atoms with Crippen molar-refractivity contribution in [1.82, 2.24) is 9.97 Å². The van der Waals surface area contributed by atoms with E-state index in [4.69, 9.17) is 4.74 Å². The number of aromatic nitrogens is 2. The molecule has 6 heteroatoms. The Bertz CT molecular complexity index is 1260. The van der Waals surface area contributed by atoms with Gasteiger partial charge in [0.05, 0.1) is 0 Å². The van der Waals surface area contributed by atoms with Crippen LogP contribution in [0, 0.1) is 0 Å².